The zero-order chi connectivity index (χ0) is 14.1. The molecule has 0 radical (unpaired) electrons. The van der Waals surface area contributed by atoms with Gasteiger partial charge in [0.15, 0.2) is 0 Å². The van der Waals surface area contributed by atoms with Crippen LogP contribution in [0.3, 0.4) is 0 Å². The van der Waals surface area contributed by atoms with Gasteiger partial charge in [-0.2, -0.15) is 0 Å². The van der Waals surface area contributed by atoms with Gasteiger partial charge in [0, 0.05) is 22.7 Å². The molecule has 0 N–H and O–H groups in total. The van der Waals surface area contributed by atoms with Gasteiger partial charge in [0.25, 0.3) is 5.91 Å². The third-order valence-electron chi connectivity index (χ3n) is 3.69. The Morgan fingerprint density at radius 3 is 2.85 bits per heavy atom. The summed E-state index contributed by atoms with van der Waals surface area (Å²) in [4.78, 5) is 15.4. The van der Waals surface area contributed by atoms with Crippen molar-refractivity contribution in [2.24, 2.45) is 0 Å². The largest absolute Gasteiger partial charge is 0.308 e. The van der Waals surface area contributed by atoms with Gasteiger partial charge >= 0.3 is 0 Å². The predicted octanol–water partition coefficient (Wildman–Crippen LogP) is 3.88. The van der Waals surface area contributed by atoms with Crippen LogP contribution >= 0.6 is 12.6 Å². The summed E-state index contributed by atoms with van der Waals surface area (Å²) in [6.45, 7) is 2.87. The molecule has 0 bridgehead atoms. The molecule has 2 aromatic rings. The Labute approximate surface area is 124 Å². The van der Waals surface area contributed by atoms with E-state index in [9.17, 15) is 4.79 Å². The Morgan fingerprint density at radius 1 is 1.20 bits per heavy atom. The summed E-state index contributed by atoms with van der Waals surface area (Å²) in [6.07, 6.45) is 2.07. The molecular weight excluding hydrogens is 266 g/mol. The van der Waals surface area contributed by atoms with Gasteiger partial charge in [0.05, 0.1) is 0 Å². The number of nitrogens with zero attached hydrogens (tertiary/aromatic N) is 1. The molecule has 0 aliphatic carbocycles. The average molecular weight is 283 g/mol. The predicted molar refractivity (Wildman–Crippen MR) is 84.9 cm³/mol. The van der Waals surface area contributed by atoms with Crippen LogP contribution in [0.2, 0.25) is 0 Å². The zero-order valence-corrected chi connectivity index (χ0v) is 12.4. The van der Waals surface area contributed by atoms with E-state index in [0.29, 0.717) is 5.56 Å². The maximum atomic E-state index is 12.7. The molecular formula is C17H17NOS. The number of carbonyl (C=O) groups is 1. The van der Waals surface area contributed by atoms with Crippen LogP contribution in [0.25, 0.3) is 0 Å². The summed E-state index contributed by atoms with van der Waals surface area (Å²) in [5, 5.41) is 0. The van der Waals surface area contributed by atoms with Crippen LogP contribution in [-0.4, -0.2) is 12.5 Å². The second-order valence-electron chi connectivity index (χ2n) is 5.24. The summed E-state index contributed by atoms with van der Waals surface area (Å²) in [7, 11) is 0. The molecule has 0 saturated heterocycles. The fourth-order valence-corrected chi connectivity index (χ4v) is 2.96. The molecule has 0 aromatic heterocycles. The van der Waals surface area contributed by atoms with E-state index in [1.54, 1.807) is 0 Å². The normalized spacial score (nSPS) is 14.0. The van der Waals surface area contributed by atoms with Crippen LogP contribution < -0.4 is 4.90 Å². The lowest BCUT2D eigenvalue weighted by atomic mass is 9.99. The number of aryl methyl sites for hydroxylation is 2. The fraction of sp³-hybridized carbons (Fsp3) is 0.235. The van der Waals surface area contributed by atoms with E-state index >= 15 is 0 Å². The first-order chi connectivity index (χ1) is 9.65. The van der Waals surface area contributed by atoms with Crippen molar-refractivity contribution in [1.29, 1.82) is 0 Å². The number of carbonyl (C=O) groups excluding carboxylic acids is 1. The number of amides is 1. The highest BCUT2D eigenvalue weighted by atomic mass is 32.1. The van der Waals surface area contributed by atoms with Crippen molar-refractivity contribution in [1.82, 2.24) is 0 Å². The Morgan fingerprint density at radius 2 is 2.05 bits per heavy atom. The van der Waals surface area contributed by atoms with E-state index in [0.717, 1.165) is 30.0 Å². The highest BCUT2D eigenvalue weighted by molar-refractivity contribution is 7.80. The minimum atomic E-state index is 0.0608. The van der Waals surface area contributed by atoms with Gasteiger partial charge in [0.2, 0.25) is 0 Å². The van der Waals surface area contributed by atoms with E-state index in [-0.39, 0.29) is 5.91 Å². The molecule has 0 saturated carbocycles. The topological polar surface area (TPSA) is 20.3 Å². The lowest BCUT2D eigenvalue weighted by Crippen LogP contribution is -2.35. The highest BCUT2D eigenvalue weighted by Crippen LogP contribution is 2.29. The molecule has 0 unspecified atom stereocenters. The highest BCUT2D eigenvalue weighted by Gasteiger charge is 2.23. The summed E-state index contributed by atoms with van der Waals surface area (Å²) in [5.41, 5.74) is 4.27. The van der Waals surface area contributed by atoms with Crippen LogP contribution in [0.15, 0.2) is 47.4 Å². The number of anilines is 1. The number of hydrogen-bond donors (Lipinski definition) is 1. The first-order valence-corrected chi connectivity index (χ1v) is 7.30. The second kappa shape index (κ2) is 5.33. The molecule has 1 amide bonds. The lowest BCUT2D eigenvalue weighted by molar-refractivity contribution is 0.0985. The fourth-order valence-electron chi connectivity index (χ4n) is 2.73. The van der Waals surface area contributed by atoms with Crippen molar-refractivity contribution in [3.05, 3.63) is 59.2 Å². The smallest absolute Gasteiger partial charge is 0.258 e. The Hall–Kier alpha value is -1.74. The Balaban J connectivity index is 1.98. The molecule has 3 rings (SSSR count). The van der Waals surface area contributed by atoms with Gasteiger partial charge in [0.1, 0.15) is 0 Å². The number of thiol groups is 1. The van der Waals surface area contributed by atoms with Crippen LogP contribution in [0.5, 0.6) is 0 Å². The van der Waals surface area contributed by atoms with Crippen molar-refractivity contribution in [2.45, 2.75) is 24.7 Å². The van der Waals surface area contributed by atoms with Crippen molar-refractivity contribution < 1.29 is 4.79 Å². The van der Waals surface area contributed by atoms with Gasteiger partial charge < -0.3 is 4.90 Å². The van der Waals surface area contributed by atoms with Crippen LogP contribution in [0.4, 0.5) is 5.69 Å². The first kappa shape index (κ1) is 13.3. The molecule has 0 fully saturated rings. The third kappa shape index (κ3) is 2.46. The molecule has 1 heterocycles. The molecule has 2 nitrogen and oxygen atoms in total. The van der Waals surface area contributed by atoms with E-state index < -0.39 is 0 Å². The van der Waals surface area contributed by atoms with Crippen molar-refractivity contribution in [2.75, 3.05) is 11.4 Å². The maximum Gasteiger partial charge on any atom is 0.258 e. The van der Waals surface area contributed by atoms with Crippen molar-refractivity contribution in [3.8, 4) is 0 Å². The minimum absolute atomic E-state index is 0.0608. The van der Waals surface area contributed by atoms with E-state index in [4.69, 9.17) is 0 Å². The summed E-state index contributed by atoms with van der Waals surface area (Å²) in [6, 6.07) is 13.7. The molecule has 102 valence electrons. The number of hydrogen-bond acceptors (Lipinski definition) is 2. The Kier molecular flexibility index (Phi) is 3.53. The van der Waals surface area contributed by atoms with Crippen molar-refractivity contribution in [3.63, 3.8) is 0 Å². The number of benzene rings is 2. The van der Waals surface area contributed by atoms with Gasteiger partial charge in [-0.1, -0.05) is 23.8 Å². The van der Waals surface area contributed by atoms with Gasteiger partial charge in [-0.3, -0.25) is 4.79 Å². The SMILES string of the molecule is Cc1ccc2c(c1)CCCN2C(=O)c1cccc(S)c1. The van der Waals surface area contributed by atoms with Crippen LogP contribution in [0.1, 0.15) is 27.9 Å². The molecule has 0 atom stereocenters. The lowest BCUT2D eigenvalue weighted by Gasteiger charge is -2.30. The van der Waals surface area contributed by atoms with E-state index in [1.807, 2.05) is 29.2 Å². The monoisotopic (exact) mass is 283 g/mol. The van der Waals surface area contributed by atoms with E-state index in [1.165, 1.54) is 11.1 Å². The summed E-state index contributed by atoms with van der Waals surface area (Å²) < 4.78 is 0. The quantitative estimate of drug-likeness (QED) is 0.788. The van der Waals surface area contributed by atoms with Gasteiger partial charge in [-0.25, -0.2) is 0 Å². The maximum absolute atomic E-state index is 12.7. The second-order valence-corrected chi connectivity index (χ2v) is 5.76. The standard InChI is InChI=1S/C17H17NOS/c1-12-7-8-16-13(10-12)5-3-9-18(16)17(19)14-4-2-6-15(20)11-14/h2,4,6-8,10-11,20H,3,5,9H2,1H3. The summed E-state index contributed by atoms with van der Waals surface area (Å²) in [5.74, 6) is 0.0608. The molecule has 1 aliphatic heterocycles. The van der Waals surface area contributed by atoms with Crippen LogP contribution in [0, 0.1) is 6.92 Å². The Bertz CT molecular complexity index is 666. The molecule has 2 aromatic carbocycles. The van der Waals surface area contributed by atoms with Crippen molar-refractivity contribution >= 4 is 24.2 Å². The van der Waals surface area contributed by atoms with Gasteiger partial charge in [-0.15, -0.1) is 12.6 Å². The number of fused-ring (bicyclic) bond motifs is 1. The molecule has 1 aliphatic rings. The molecule has 20 heavy (non-hydrogen) atoms. The zero-order valence-electron chi connectivity index (χ0n) is 11.5. The first-order valence-electron chi connectivity index (χ1n) is 6.85. The van der Waals surface area contributed by atoms with Crippen LogP contribution in [-0.2, 0) is 6.42 Å². The van der Waals surface area contributed by atoms with Gasteiger partial charge in [-0.05, 0) is 49.6 Å². The molecule has 0 spiro atoms. The number of rotatable bonds is 1. The van der Waals surface area contributed by atoms with E-state index in [2.05, 4.69) is 37.8 Å². The minimum Gasteiger partial charge on any atom is -0.308 e. The molecule has 3 heteroatoms. The average Bonchev–Trinajstić information content (AvgIpc) is 2.45. The summed E-state index contributed by atoms with van der Waals surface area (Å²) >= 11 is 4.31. The third-order valence-corrected chi connectivity index (χ3v) is 3.97.